The molecule has 2 nitrogen and oxygen atoms in total. The molecule has 0 N–H and O–H groups in total. The molecule has 1 saturated carbocycles. The number of rotatable bonds is 6. The van der Waals surface area contributed by atoms with E-state index >= 15 is 0 Å². The van der Waals surface area contributed by atoms with Crippen LogP contribution in [0.15, 0.2) is 0 Å². The van der Waals surface area contributed by atoms with E-state index in [2.05, 4.69) is 0 Å². The molecule has 0 aliphatic heterocycles. The lowest BCUT2D eigenvalue weighted by atomic mass is 10.3. The van der Waals surface area contributed by atoms with E-state index in [9.17, 15) is 0 Å². The summed E-state index contributed by atoms with van der Waals surface area (Å²) in [6, 6.07) is 0. The second-order valence-corrected chi connectivity index (χ2v) is 2.77. The molecular weight excluding hydrogens is 128 g/mol. The van der Waals surface area contributed by atoms with E-state index in [4.69, 9.17) is 9.47 Å². The Hall–Kier alpha value is -0.0800. The number of unbranched alkanes of at least 4 members (excludes halogenated alkanes) is 1. The predicted octanol–water partition coefficient (Wildman–Crippen LogP) is 1.59. The lowest BCUT2D eigenvalue weighted by molar-refractivity contribution is 0.107. The van der Waals surface area contributed by atoms with Crippen LogP contribution in [0, 0.1) is 0 Å². The van der Waals surface area contributed by atoms with E-state index in [1.54, 1.807) is 7.11 Å². The second kappa shape index (κ2) is 4.69. The van der Waals surface area contributed by atoms with E-state index < -0.39 is 0 Å². The average Bonchev–Trinajstić information content (AvgIpc) is 2.71. The van der Waals surface area contributed by atoms with Crippen LogP contribution in [0.5, 0.6) is 0 Å². The summed E-state index contributed by atoms with van der Waals surface area (Å²) in [5.41, 5.74) is 0. The number of hydrogen-bond acceptors (Lipinski definition) is 2. The Kier molecular flexibility index (Phi) is 3.76. The van der Waals surface area contributed by atoms with Gasteiger partial charge in [0.25, 0.3) is 0 Å². The van der Waals surface area contributed by atoms with Crippen molar-refractivity contribution in [3.63, 3.8) is 0 Å². The number of ether oxygens (including phenoxy) is 2. The third-order valence-corrected chi connectivity index (χ3v) is 1.62. The summed E-state index contributed by atoms with van der Waals surface area (Å²) in [4.78, 5) is 0. The van der Waals surface area contributed by atoms with E-state index in [1.165, 1.54) is 12.8 Å². The fraction of sp³-hybridized carbons (Fsp3) is 1.00. The van der Waals surface area contributed by atoms with Crippen molar-refractivity contribution in [3.8, 4) is 0 Å². The van der Waals surface area contributed by atoms with Crippen molar-refractivity contribution in [2.45, 2.75) is 31.8 Å². The van der Waals surface area contributed by atoms with Gasteiger partial charge in [-0.15, -0.1) is 0 Å². The Morgan fingerprint density at radius 2 is 1.90 bits per heavy atom. The standard InChI is InChI=1S/C8H16O2/c1-9-6-2-3-7-10-8-4-5-8/h8H,2-7H2,1H3. The summed E-state index contributed by atoms with van der Waals surface area (Å²) in [6.45, 7) is 1.79. The molecule has 0 aromatic rings. The van der Waals surface area contributed by atoms with Gasteiger partial charge < -0.3 is 9.47 Å². The molecule has 60 valence electrons. The summed E-state index contributed by atoms with van der Waals surface area (Å²) >= 11 is 0. The Labute approximate surface area is 62.5 Å². The SMILES string of the molecule is COCCCCOC1CC1. The summed E-state index contributed by atoms with van der Waals surface area (Å²) < 4.78 is 10.4. The summed E-state index contributed by atoms with van der Waals surface area (Å²) in [5, 5.41) is 0. The van der Waals surface area contributed by atoms with Crippen molar-refractivity contribution in [1.29, 1.82) is 0 Å². The maximum Gasteiger partial charge on any atom is 0.0577 e. The molecule has 10 heavy (non-hydrogen) atoms. The van der Waals surface area contributed by atoms with Crippen molar-refractivity contribution in [2.24, 2.45) is 0 Å². The van der Waals surface area contributed by atoms with Crippen LogP contribution in [0.2, 0.25) is 0 Å². The minimum absolute atomic E-state index is 0.613. The van der Waals surface area contributed by atoms with E-state index in [0.29, 0.717) is 6.10 Å². The molecule has 1 aliphatic rings. The zero-order valence-corrected chi connectivity index (χ0v) is 6.64. The van der Waals surface area contributed by atoms with Gasteiger partial charge in [0.05, 0.1) is 6.10 Å². The summed E-state index contributed by atoms with van der Waals surface area (Å²) in [7, 11) is 1.74. The van der Waals surface area contributed by atoms with Crippen LogP contribution in [-0.4, -0.2) is 26.4 Å². The summed E-state index contributed by atoms with van der Waals surface area (Å²) in [5.74, 6) is 0. The second-order valence-electron chi connectivity index (χ2n) is 2.77. The first-order valence-corrected chi connectivity index (χ1v) is 4.04. The molecule has 0 saturated heterocycles. The largest absolute Gasteiger partial charge is 0.385 e. The van der Waals surface area contributed by atoms with Gasteiger partial charge in [0.15, 0.2) is 0 Å². The maximum absolute atomic E-state index is 5.44. The molecule has 1 rings (SSSR count). The van der Waals surface area contributed by atoms with Crippen LogP contribution in [0.25, 0.3) is 0 Å². The minimum Gasteiger partial charge on any atom is -0.385 e. The van der Waals surface area contributed by atoms with Gasteiger partial charge in [0, 0.05) is 20.3 Å². The Morgan fingerprint density at radius 1 is 1.20 bits per heavy atom. The van der Waals surface area contributed by atoms with Gasteiger partial charge in [0.1, 0.15) is 0 Å². The highest BCUT2D eigenvalue weighted by atomic mass is 16.5. The molecule has 0 atom stereocenters. The zero-order valence-electron chi connectivity index (χ0n) is 6.64. The normalized spacial score (nSPS) is 17.7. The minimum atomic E-state index is 0.613. The van der Waals surface area contributed by atoms with Gasteiger partial charge >= 0.3 is 0 Å². The molecule has 0 radical (unpaired) electrons. The maximum atomic E-state index is 5.44. The van der Waals surface area contributed by atoms with Crippen molar-refractivity contribution >= 4 is 0 Å². The lowest BCUT2D eigenvalue weighted by Gasteiger charge is -2.00. The van der Waals surface area contributed by atoms with Crippen LogP contribution >= 0.6 is 0 Å². The van der Waals surface area contributed by atoms with Crippen LogP contribution in [-0.2, 0) is 9.47 Å². The van der Waals surface area contributed by atoms with Gasteiger partial charge in [-0.1, -0.05) is 0 Å². The summed E-state index contributed by atoms with van der Waals surface area (Å²) in [6.07, 6.45) is 5.45. The first-order chi connectivity index (χ1) is 4.93. The molecule has 1 fully saturated rings. The van der Waals surface area contributed by atoms with Gasteiger partial charge in [-0.05, 0) is 25.7 Å². The molecule has 0 spiro atoms. The van der Waals surface area contributed by atoms with Gasteiger partial charge in [-0.3, -0.25) is 0 Å². The predicted molar refractivity (Wildman–Crippen MR) is 40.1 cm³/mol. The average molecular weight is 144 g/mol. The quantitative estimate of drug-likeness (QED) is 0.527. The molecule has 1 aliphatic carbocycles. The number of hydrogen-bond donors (Lipinski definition) is 0. The molecule has 0 amide bonds. The highest BCUT2D eigenvalue weighted by Crippen LogP contribution is 2.23. The van der Waals surface area contributed by atoms with Gasteiger partial charge in [-0.25, -0.2) is 0 Å². The Balaban J connectivity index is 1.68. The van der Waals surface area contributed by atoms with Crippen LogP contribution in [0.4, 0.5) is 0 Å². The van der Waals surface area contributed by atoms with E-state index in [0.717, 1.165) is 26.1 Å². The topological polar surface area (TPSA) is 18.5 Å². The smallest absolute Gasteiger partial charge is 0.0577 e. The van der Waals surface area contributed by atoms with Crippen LogP contribution in [0.3, 0.4) is 0 Å². The Bertz CT molecular complexity index is 79.3. The van der Waals surface area contributed by atoms with Crippen molar-refractivity contribution in [1.82, 2.24) is 0 Å². The number of methoxy groups -OCH3 is 1. The highest BCUT2D eigenvalue weighted by molar-refractivity contribution is 4.72. The fourth-order valence-corrected chi connectivity index (χ4v) is 0.833. The first kappa shape index (κ1) is 8.02. The molecule has 0 bridgehead atoms. The fourth-order valence-electron chi connectivity index (χ4n) is 0.833. The molecule has 0 aromatic carbocycles. The molecule has 0 heterocycles. The molecule has 0 aromatic heterocycles. The first-order valence-electron chi connectivity index (χ1n) is 4.04. The molecule has 2 heteroatoms. The molecule has 0 unspecified atom stereocenters. The van der Waals surface area contributed by atoms with Crippen molar-refractivity contribution in [2.75, 3.05) is 20.3 Å². The van der Waals surface area contributed by atoms with Gasteiger partial charge in [-0.2, -0.15) is 0 Å². The van der Waals surface area contributed by atoms with Crippen molar-refractivity contribution in [3.05, 3.63) is 0 Å². The van der Waals surface area contributed by atoms with Crippen molar-refractivity contribution < 1.29 is 9.47 Å². The van der Waals surface area contributed by atoms with Crippen LogP contribution in [0.1, 0.15) is 25.7 Å². The monoisotopic (exact) mass is 144 g/mol. The highest BCUT2D eigenvalue weighted by Gasteiger charge is 2.21. The van der Waals surface area contributed by atoms with Gasteiger partial charge in [0.2, 0.25) is 0 Å². The zero-order chi connectivity index (χ0) is 7.23. The molecular formula is C8H16O2. The van der Waals surface area contributed by atoms with E-state index in [-0.39, 0.29) is 0 Å². The van der Waals surface area contributed by atoms with Crippen LogP contribution < -0.4 is 0 Å². The third-order valence-electron chi connectivity index (χ3n) is 1.62. The lowest BCUT2D eigenvalue weighted by Crippen LogP contribution is -1.98. The van der Waals surface area contributed by atoms with E-state index in [1.807, 2.05) is 0 Å². The third kappa shape index (κ3) is 3.85. The Morgan fingerprint density at radius 3 is 2.50 bits per heavy atom.